The van der Waals surface area contributed by atoms with Gasteiger partial charge in [-0.05, 0) is 29.3 Å². The highest BCUT2D eigenvalue weighted by Crippen LogP contribution is 2.12. The van der Waals surface area contributed by atoms with Crippen LogP contribution in [0.5, 0.6) is 5.88 Å². The van der Waals surface area contributed by atoms with E-state index in [9.17, 15) is 13.2 Å². The first-order chi connectivity index (χ1) is 14.5. The predicted octanol–water partition coefficient (Wildman–Crippen LogP) is 2.65. The third-order valence-corrected chi connectivity index (χ3v) is 5.69. The molecule has 0 fully saturated rings. The van der Waals surface area contributed by atoms with Crippen LogP contribution >= 0.6 is 0 Å². The smallest absolute Gasteiger partial charge is 0.240 e. The summed E-state index contributed by atoms with van der Waals surface area (Å²) in [5.41, 5.74) is 1.88. The maximum atomic E-state index is 12.1. The zero-order valence-corrected chi connectivity index (χ0v) is 17.1. The van der Waals surface area contributed by atoms with Crippen LogP contribution in [0.3, 0.4) is 0 Å². The molecule has 1 aromatic heterocycles. The standard InChI is InChI=1S/C22H23N3O4S/c26-21(12-14-25-30(27,28)20-9-5-2-6-10-20)24-16-19-11-13-23-22(15-19)29-17-18-7-3-1-4-8-18/h1-11,13,15,25H,12,14,16-17H2,(H,24,26). The Balaban J connectivity index is 1.42. The van der Waals surface area contributed by atoms with E-state index < -0.39 is 10.0 Å². The number of ether oxygens (including phenoxy) is 1. The van der Waals surface area contributed by atoms with Gasteiger partial charge in [0.1, 0.15) is 6.61 Å². The van der Waals surface area contributed by atoms with Crippen LogP contribution in [0.25, 0.3) is 0 Å². The molecule has 0 aliphatic carbocycles. The van der Waals surface area contributed by atoms with Gasteiger partial charge < -0.3 is 10.1 Å². The summed E-state index contributed by atoms with van der Waals surface area (Å²) in [6.45, 7) is 0.727. The van der Waals surface area contributed by atoms with E-state index in [2.05, 4.69) is 15.0 Å². The highest BCUT2D eigenvalue weighted by Gasteiger charge is 2.13. The van der Waals surface area contributed by atoms with Gasteiger partial charge in [0.25, 0.3) is 0 Å². The molecule has 3 rings (SSSR count). The number of carbonyl (C=O) groups excluding carboxylic acids is 1. The summed E-state index contributed by atoms with van der Waals surface area (Å²) >= 11 is 0. The fraction of sp³-hybridized carbons (Fsp3) is 0.182. The summed E-state index contributed by atoms with van der Waals surface area (Å²) in [7, 11) is -3.61. The number of nitrogens with one attached hydrogen (secondary N) is 2. The van der Waals surface area contributed by atoms with E-state index in [1.807, 2.05) is 30.3 Å². The number of hydrogen-bond acceptors (Lipinski definition) is 5. The van der Waals surface area contributed by atoms with Crippen molar-refractivity contribution in [3.63, 3.8) is 0 Å². The molecule has 3 aromatic rings. The number of rotatable bonds is 10. The first kappa shape index (κ1) is 21.5. The first-order valence-electron chi connectivity index (χ1n) is 9.46. The Kier molecular flexibility index (Phi) is 7.53. The second-order valence-corrected chi connectivity index (χ2v) is 8.28. The molecule has 0 atom stereocenters. The minimum atomic E-state index is -3.61. The lowest BCUT2D eigenvalue weighted by Crippen LogP contribution is -2.30. The maximum Gasteiger partial charge on any atom is 0.240 e. The van der Waals surface area contributed by atoms with Crippen LogP contribution in [0.15, 0.2) is 83.9 Å². The maximum absolute atomic E-state index is 12.1. The molecule has 1 heterocycles. The lowest BCUT2D eigenvalue weighted by atomic mass is 10.2. The lowest BCUT2D eigenvalue weighted by Gasteiger charge is -2.09. The second kappa shape index (κ2) is 10.5. The normalized spacial score (nSPS) is 11.1. The fourth-order valence-electron chi connectivity index (χ4n) is 2.64. The van der Waals surface area contributed by atoms with Gasteiger partial charge in [0, 0.05) is 31.8 Å². The Labute approximate surface area is 176 Å². The van der Waals surface area contributed by atoms with Crippen LogP contribution in [0.2, 0.25) is 0 Å². The second-order valence-electron chi connectivity index (χ2n) is 6.51. The highest BCUT2D eigenvalue weighted by molar-refractivity contribution is 7.89. The summed E-state index contributed by atoms with van der Waals surface area (Å²) in [5, 5.41) is 2.77. The van der Waals surface area contributed by atoms with E-state index in [1.54, 1.807) is 36.5 Å². The molecule has 0 saturated heterocycles. The molecule has 0 unspecified atom stereocenters. The molecule has 2 N–H and O–H groups in total. The summed E-state index contributed by atoms with van der Waals surface area (Å²) in [6, 6.07) is 21.4. The van der Waals surface area contributed by atoms with Crippen LogP contribution in [0, 0.1) is 0 Å². The molecule has 8 heteroatoms. The van der Waals surface area contributed by atoms with Crippen LogP contribution in [0.4, 0.5) is 0 Å². The molecule has 2 aromatic carbocycles. The quantitative estimate of drug-likeness (QED) is 0.520. The summed E-state index contributed by atoms with van der Waals surface area (Å²) in [4.78, 5) is 16.4. The number of sulfonamides is 1. The van der Waals surface area contributed by atoms with E-state index >= 15 is 0 Å². The minimum absolute atomic E-state index is 0.0187. The zero-order valence-electron chi connectivity index (χ0n) is 16.3. The number of aromatic nitrogens is 1. The van der Waals surface area contributed by atoms with Gasteiger partial charge in [-0.1, -0.05) is 48.5 Å². The van der Waals surface area contributed by atoms with Crippen molar-refractivity contribution in [2.24, 2.45) is 0 Å². The summed E-state index contributed by atoms with van der Waals surface area (Å²) in [6.07, 6.45) is 1.66. The topological polar surface area (TPSA) is 97.4 Å². The molecule has 0 aliphatic heterocycles. The molecule has 0 radical (unpaired) electrons. The number of carbonyl (C=O) groups is 1. The van der Waals surface area contributed by atoms with Crippen molar-refractivity contribution in [1.82, 2.24) is 15.0 Å². The minimum Gasteiger partial charge on any atom is -0.473 e. The SMILES string of the molecule is O=C(CCNS(=O)(=O)c1ccccc1)NCc1ccnc(OCc2ccccc2)c1. The number of benzene rings is 2. The Morgan fingerprint density at radius 1 is 0.933 bits per heavy atom. The van der Waals surface area contributed by atoms with E-state index in [0.717, 1.165) is 11.1 Å². The van der Waals surface area contributed by atoms with E-state index in [0.29, 0.717) is 19.0 Å². The number of amides is 1. The number of nitrogens with zero attached hydrogens (tertiary/aromatic N) is 1. The van der Waals surface area contributed by atoms with Crippen LogP contribution in [-0.4, -0.2) is 25.9 Å². The third-order valence-electron chi connectivity index (χ3n) is 4.22. The molecule has 7 nitrogen and oxygen atoms in total. The van der Waals surface area contributed by atoms with Crippen molar-refractivity contribution in [1.29, 1.82) is 0 Å². The van der Waals surface area contributed by atoms with Gasteiger partial charge >= 0.3 is 0 Å². The van der Waals surface area contributed by atoms with E-state index in [4.69, 9.17) is 4.74 Å². The Morgan fingerprint density at radius 2 is 1.63 bits per heavy atom. The van der Waals surface area contributed by atoms with Crippen LogP contribution in [0.1, 0.15) is 17.5 Å². The average molecular weight is 426 g/mol. The van der Waals surface area contributed by atoms with Crippen molar-refractivity contribution in [3.05, 3.63) is 90.1 Å². The largest absolute Gasteiger partial charge is 0.473 e. The van der Waals surface area contributed by atoms with Crippen molar-refractivity contribution < 1.29 is 17.9 Å². The molecule has 0 saturated carbocycles. The van der Waals surface area contributed by atoms with Crippen LogP contribution < -0.4 is 14.8 Å². The van der Waals surface area contributed by atoms with E-state index in [1.165, 1.54) is 12.1 Å². The Bertz CT molecular complexity index is 1060. The van der Waals surface area contributed by atoms with Crippen molar-refractivity contribution in [2.45, 2.75) is 24.5 Å². The molecule has 156 valence electrons. The fourth-order valence-corrected chi connectivity index (χ4v) is 3.69. The molecule has 0 aliphatic rings. The molecule has 0 spiro atoms. The first-order valence-corrected chi connectivity index (χ1v) is 10.9. The predicted molar refractivity (Wildman–Crippen MR) is 113 cm³/mol. The highest BCUT2D eigenvalue weighted by atomic mass is 32.2. The number of pyridine rings is 1. The van der Waals surface area contributed by atoms with Gasteiger partial charge in [0.2, 0.25) is 21.8 Å². The molecular formula is C22H23N3O4S. The Morgan fingerprint density at radius 3 is 2.37 bits per heavy atom. The van der Waals surface area contributed by atoms with E-state index in [-0.39, 0.29) is 23.8 Å². The number of hydrogen-bond donors (Lipinski definition) is 2. The van der Waals surface area contributed by atoms with Gasteiger partial charge in [0.05, 0.1) is 4.90 Å². The summed E-state index contributed by atoms with van der Waals surface area (Å²) in [5.74, 6) is 0.218. The van der Waals surface area contributed by atoms with Gasteiger partial charge in [0.15, 0.2) is 0 Å². The van der Waals surface area contributed by atoms with Crippen LogP contribution in [-0.2, 0) is 28.0 Å². The molecule has 0 bridgehead atoms. The monoisotopic (exact) mass is 425 g/mol. The van der Waals surface area contributed by atoms with Gasteiger partial charge in [-0.2, -0.15) is 0 Å². The van der Waals surface area contributed by atoms with Crippen molar-refractivity contribution >= 4 is 15.9 Å². The lowest BCUT2D eigenvalue weighted by molar-refractivity contribution is -0.121. The zero-order chi connectivity index (χ0) is 21.2. The third kappa shape index (κ3) is 6.68. The molecule has 30 heavy (non-hydrogen) atoms. The van der Waals surface area contributed by atoms with Crippen molar-refractivity contribution in [2.75, 3.05) is 6.54 Å². The van der Waals surface area contributed by atoms with Gasteiger partial charge in [-0.3, -0.25) is 4.79 Å². The molecular weight excluding hydrogens is 402 g/mol. The summed E-state index contributed by atoms with van der Waals surface area (Å²) < 4.78 is 32.4. The van der Waals surface area contributed by atoms with Gasteiger partial charge in [-0.25, -0.2) is 18.1 Å². The Hall–Kier alpha value is -3.23. The van der Waals surface area contributed by atoms with Crippen molar-refractivity contribution in [3.8, 4) is 5.88 Å². The molecule has 1 amide bonds. The average Bonchev–Trinajstić information content (AvgIpc) is 2.78. The van der Waals surface area contributed by atoms with Gasteiger partial charge in [-0.15, -0.1) is 0 Å².